The Hall–Kier alpha value is -0.0100. The third-order valence-electron chi connectivity index (χ3n) is 2.40. The van der Waals surface area contributed by atoms with E-state index in [1.54, 1.807) is 0 Å². The van der Waals surface area contributed by atoms with Crippen molar-refractivity contribution < 1.29 is 0 Å². The van der Waals surface area contributed by atoms with Gasteiger partial charge in [-0.1, -0.05) is 35.8 Å². The normalized spacial score (nSPS) is 12.9. The lowest BCUT2D eigenvalue weighted by Crippen LogP contribution is -1.96. The second-order valence-corrected chi connectivity index (χ2v) is 4.47. The summed E-state index contributed by atoms with van der Waals surface area (Å²) in [5, 5.41) is 0. The van der Waals surface area contributed by atoms with Crippen molar-refractivity contribution in [3.63, 3.8) is 0 Å². The Kier molecular flexibility index (Phi) is 4.27. The van der Waals surface area contributed by atoms with Gasteiger partial charge < -0.3 is 0 Å². The van der Waals surface area contributed by atoms with Crippen LogP contribution in [0.15, 0.2) is 22.7 Å². The topological polar surface area (TPSA) is 0 Å². The first kappa shape index (κ1) is 11.1. The van der Waals surface area contributed by atoms with E-state index in [1.165, 1.54) is 11.1 Å². The molecule has 0 nitrogen and oxygen atoms in total. The van der Waals surface area contributed by atoms with Crippen LogP contribution in [0.4, 0.5) is 0 Å². The van der Waals surface area contributed by atoms with Crippen LogP contribution in [0.25, 0.3) is 0 Å². The Balaban J connectivity index is 3.07. The summed E-state index contributed by atoms with van der Waals surface area (Å²) in [6.07, 6.45) is 1.15. The van der Waals surface area contributed by atoms with E-state index in [-0.39, 0.29) is 0 Å². The number of hydrogen-bond acceptors (Lipinski definition) is 0. The molecular formula is C11H14BrCl. The quantitative estimate of drug-likeness (QED) is 0.692. The first-order chi connectivity index (χ1) is 6.19. The van der Waals surface area contributed by atoms with E-state index in [1.807, 2.05) is 6.07 Å². The molecule has 0 aliphatic carbocycles. The number of benzene rings is 1. The Morgan fingerprint density at radius 1 is 1.46 bits per heavy atom. The standard InChI is InChI=1S/C11H14BrCl/c1-3-8(2)11-6-10(12)5-4-9(11)7-13/h4-6,8H,3,7H2,1-2H3. The molecule has 2 heteroatoms. The second kappa shape index (κ2) is 5.02. The van der Waals surface area contributed by atoms with Gasteiger partial charge in [0.05, 0.1) is 0 Å². The Morgan fingerprint density at radius 2 is 2.15 bits per heavy atom. The van der Waals surface area contributed by atoms with Gasteiger partial charge in [-0.15, -0.1) is 11.6 Å². The van der Waals surface area contributed by atoms with E-state index >= 15 is 0 Å². The lowest BCUT2D eigenvalue weighted by molar-refractivity contribution is 0.726. The van der Waals surface area contributed by atoms with Crippen molar-refractivity contribution in [2.24, 2.45) is 0 Å². The van der Waals surface area contributed by atoms with E-state index in [2.05, 4.69) is 41.9 Å². The Bertz CT molecular complexity index is 283. The number of rotatable bonds is 3. The van der Waals surface area contributed by atoms with Gasteiger partial charge in [-0.2, -0.15) is 0 Å². The lowest BCUT2D eigenvalue weighted by atomic mass is 9.94. The van der Waals surface area contributed by atoms with Crippen molar-refractivity contribution in [3.05, 3.63) is 33.8 Å². The summed E-state index contributed by atoms with van der Waals surface area (Å²) >= 11 is 9.35. The van der Waals surface area contributed by atoms with Gasteiger partial charge in [0, 0.05) is 10.4 Å². The highest BCUT2D eigenvalue weighted by molar-refractivity contribution is 9.10. The molecule has 0 fully saturated rings. The zero-order valence-corrected chi connectivity index (χ0v) is 10.3. The monoisotopic (exact) mass is 260 g/mol. The third-order valence-corrected chi connectivity index (χ3v) is 3.18. The smallest absolute Gasteiger partial charge is 0.0476 e. The van der Waals surface area contributed by atoms with E-state index in [9.17, 15) is 0 Å². The highest BCUT2D eigenvalue weighted by Crippen LogP contribution is 2.27. The van der Waals surface area contributed by atoms with Crippen LogP contribution >= 0.6 is 27.5 Å². The molecule has 1 aromatic rings. The van der Waals surface area contributed by atoms with Gasteiger partial charge in [-0.05, 0) is 35.6 Å². The second-order valence-electron chi connectivity index (χ2n) is 3.29. The van der Waals surface area contributed by atoms with Crippen LogP contribution in [0.1, 0.15) is 37.3 Å². The van der Waals surface area contributed by atoms with E-state index in [0.717, 1.165) is 10.9 Å². The fraction of sp³-hybridized carbons (Fsp3) is 0.455. The predicted octanol–water partition coefficient (Wildman–Crippen LogP) is 4.70. The number of alkyl halides is 1. The van der Waals surface area contributed by atoms with Crippen molar-refractivity contribution in [2.45, 2.75) is 32.1 Å². The maximum atomic E-state index is 5.87. The minimum absolute atomic E-state index is 0.589. The van der Waals surface area contributed by atoms with Gasteiger partial charge in [0.15, 0.2) is 0 Å². The summed E-state index contributed by atoms with van der Waals surface area (Å²) in [6.45, 7) is 4.43. The summed E-state index contributed by atoms with van der Waals surface area (Å²) in [6, 6.07) is 6.31. The van der Waals surface area contributed by atoms with E-state index in [4.69, 9.17) is 11.6 Å². The van der Waals surface area contributed by atoms with Crippen LogP contribution in [-0.2, 0) is 5.88 Å². The summed E-state index contributed by atoms with van der Waals surface area (Å²) in [5.41, 5.74) is 2.62. The fourth-order valence-corrected chi connectivity index (χ4v) is 1.99. The average molecular weight is 262 g/mol. The third kappa shape index (κ3) is 2.72. The van der Waals surface area contributed by atoms with Gasteiger partial charge >= 0.3 is 0 Å². The van der Waals surface area contributed by atoms with Crippen LogP contribution < -0.4 is 0 Å². The average Bonchev–Trinajstić information content (AvgIpc) is 2.16. The molecule has 13 heavy (non-hydrogen) atoms. The van der Waals surface area contributed by atoms with Crippen LogP contribution in [-0.4, -0.2) is 0 Å². The number of hydrogen-bond donors (Lipinski definition) is 0. The van der Waals surface area contributed by atoms with Crippen LogP contribution in [0.2, 0.25) is 0 Å². The van der Waals surface area contributed by atoms with Gasteiger partial charge in [0.1, 0.15) is 0 Å². The lowest BCUT2D eigenvalue weighted by Gasteiger charge is -2.13. The van der Waals surface area contributed by atoms with Crippen molar-refractivity contribution in [3.8, 4) is 0 Å². The highest BCUT2D eigenvalue weighted by Gasteiger charge is 2.08. The van der Waals surface area contributed by atoms with Crippen LogP contribution in [0.3, 0.4) is 0 Å². The van der Waals surface area contributed by atoms with E-state index < -0.39 is 0 Å². The molecule has 0 heterocycles. The minimum atomic E-state index is 0.589. The van der Waals surface area contributed by atoms with Gasteiger partial charge in [0.2, 0.25) is 0 Å². The molecule has 0 N–H and O–H groups in total. The first-order valence-corrected chi connectivity index (χ1v) is 5.86. The number of halogens is 2. The summed E-state index contributed by atoms with van der Waals surface area (Å²) in [7, 11) is 0. The molecule has 0 spiro atoms. The van der Waals surface area contributed by atoms with Crippen LogP contribution in [0.5, 0.6) is 0 Å². The molecule has 0 aliphatic heterocycles. The Labute approximate surface area is 93.4 Å². The molecule has 72 valence electrons. The predicted molar refractivity (Wildman–Crippen MR) is 62.4 cm³/mol. The highest BCUT2D eigenvalue weighted by atomic mass is 79.9. The maximum absolute atomic E-state index is 5.87. The molecule has 1 atom stereocenters. The summed E-state index contributed by atoms with van der Waals surface area (Å²) in [4.78, 5) is 0. The fourth-order valence-electron chi connectivity index (χ4n) is 1.37. The molecule has 1 unspecified atom stereocenters. The maximum Gasteiger partial charge on any atom is 0.0476 e. The van der Waals surface area contributed by atoms with Crippen LogP contribution in [0, 0.1) is 0 Å². The van der Waals surface area contributed by atoms with Gasteiger partial charge in [0.25, 0.3) is 0 Å². The zero-order chi connectivity index (χ0) is 9.84. The van der Waals surface area contributed by atoms with Crippen molar-refractivity contribution >= 4 is 27.5 Å². The summed E-state index contributed by atoms with van der Waals surface area (Å²) < 4.78 is 1.14. The molecule has 0 saturated heterocycles. The molecule has 0 aliphatic rings. The Morgan fingerprint density at radius 3 is 2.69 bits per heavy atom. The van der Waals surface area contributed by atoms with Crippen molar-refractivity contribution in [2.75, 3.05) is 0 Å². The molecule has 0 saturated carbocycles. The molecule has 1 rings (SSSR count). The van der Waals surface area contributed by atoms with Gasteiger partial charge in [-0.3, -0.25) is 0 Å². The molecule has 0 bridgehead atoms. The summed E-state index contributed by atoms with van der Waals surface area (Å²) in [5.74, 6) is 1.19. The first-order valence-electron chi connectivity index (χ1n) is 4.53. The molecule has 1 aromatic carbocycles. The SMILES string of the molecule is CCC(C)c1cc(Br)ccc1CCl. The molecule has 0 radical (unpaired) electrons. The van der Waals surface area contributed by atoms with Crippen molar-refractivity contribution in [1.82, 2.24) is 0 Å². The van der Waals surface area contributed by atoms with E-state index in [0.29, 0.717) is 11.8 Å². The van der Waals surface area contributed by atoms with Crippen molar-refractivity contribution in [1.29, 1.82) is 0 Å². The van der Waals surface area contributed by atoms with Gasteiger partial charge in [-0.25, -0.2) is 0 Å². The zero-order valence-electron chi connectivity index (χ0n) is 7.98. The minimum Gasteiger partial charge on any atom is -0.122 e. The largest absolute Gasteiger partial charge is 0.122 e. The molecule has 0 amide bonds. The molecule has 0 aromatic heterocycles. The molecular weight excluding hydrogens is 247 g/mol.